The number of nitrogens with two attached hydrogens (primary N) is 1. The van der Waals surface area contributed by atoms with E-state index in [4.69, 9.17) is 28.9 Å². The van der Waals surface area contributed by atoms with E-state index in [9.17, 15) is 0 Å². The van der Waals surface area contributed by atoms with Gasteiger partial charge in [-0.2, -0.15) is 5.10 Å². The summed E-state index contributed by atoms with van der Waals surface area (Å²) in [6, 6.07) is 10.1. The highest BCUT2D eigenvalue weighted by Gasteiger charge is 2.06. The van der Waals surface area contributed by atoms with Crippen molar-refractivity contribution >= 4 is 23.2 Å². The zero-order valence-electron chi connectivity index (χ0n) is 7.74. The van der Waals surface area contributed by atoms with Crippen molar-refractivity contribution in [3.05, 3.63) is 46.2 Å². The first-order chi connectivity index (χ1) is 7.20. The maximum Gasteiger partial charge on any atom is 0.153 e. The van der Waals surface area contributed by atoms with Crippen LogP contribution in [0.2, 0.25) is 10.3 Å². The second kappa shape index (κ2) is 4.23. The third kappa shape index (κ3) is 2.15. The molecule has 0 aliphatic carbocycles. The van der Waals surface area contributed by atoms with Crippen LogP contribution in [0.5, 0.6) is 0 Å². The average molecular weight is 241 g/mol. The predicted molar refractivity (Wildman–Crippen MR) is 60.3 cm³/mol. The molecule has 0 aliphatic rings. The van der Waals surface area contributed by atoms with Gasteiger partial charge in [-0.15, -0.1) is 0 Å². The van der Waals surface area contributed by atoms with Crippen LogP contribution in [-0.4, -0.2) is 9.78 Å². The highest BCUT2D eigenvalue weighted by molar-refractivity contribution is 6.33. The van der Waals surface area contributed by atoms with Crippen molar-refractivity contribution < 1.29 is 0 Å². The molecular formula is C10H8Cl2N3. The summed E-state index contributed by atoms with van der Waals surface area (Å²) in [7, 11) is 0. The summed E-state index contributed by atoms with van der Waals surface area (Å²) in [5.74, 6) is 0. The number of nitrogens with zero attached hydrogens (tertiary/aromatic N) is 2. The molecule has 3 nitrogen and oxygen atoms in total. The van der Waals surface area contributed by atoms with Gasteiger partial charge in [-0.3, -0.25) is 0 Å². The molecule has 1 heterocycles. The molecule has 0 saturated heterocycles. The molecule has 15 heavy (non-hydrogen) atoms. The van der Waals surface area contributed by atoms with Crippen LogP contribution in [0.1, 0.15) is 5.56 Å². The van der Waals surface area contributed by atoms with Gasteiger partial charge in [-0.25, -0.2) is 4.68 Å². The van der Waals surface area contributed by atoms with Gasteiger partial charge in [0.15, 0.2) is 5.15 Å². The summed E-state index contributed by atoms with van der Waals surface area (Å²) in [5, 5.41) is 4.88. The second-order valence-corrected chi connectivity index (χ2v) is 3.75. The summed E-state index contributed by atoms with van der Waals surface area (Å²) in [6.07, 6.45) is 0. The topological polar surface area (TPSA) is 43.8 Å². The molecule has 0 unspecified atom stereocenters. The van der Waals surface area contributed by atoms with Crippen molar-refractivity contribution in [2.75, 3.05) is 0 Å². The van der Waals surface area contributed by atoms with Gasteiger partial charge < -0.3 is 5.73 Å². The molecular weight excluding hydrogens is 233 g/mol. The molecule has 0 saturated carbocycles. The smallest absolute Gasteiger partial charge is 0.153 e. The Morgan fingerprint density at radius 1 is 1.40 bits per heavy atom. The summed E-state index contributed by atoms with van der Waals surface area (Å²) in [6.45, 7) is 0.431. The first kappa shape index (κ1) is 10.5. The maximum absolute atomic E-state index is 5.95. The van der Waals surface area contributed by atoms with Crippen LogP contribution in [0.15, 0.2) is 24.3 Å². The zero-order chi connectivity index (χ0) is 10.8. The molecule has 0 fully saturated rings. The Morgan fingerprint density at radius 3 is 2.80 bits per heavy atom. The molecule has 1 aromatic carbocycles. The molecule has 0 amide bonds. The first-order valence-corrected chi connectivity index (χ1v) is 5.08. The van der Waals surface area contributed by atoms with E-state index in [0.717, 1.165) is 11.3 Å². The van der Waals surface area contributed by atoms with E-state index in [1.54, 1.807) is 16.8 Å². The largest absolute Gasteiger partial charge is 0.326 e. The number of halogens is 2. The van der Waals surface area contributed by atoms with Gasteiger partial charge in [-0.1, -0.05) is 29.3 Å². The molecule has 0 aliphatic heterocycles. The minimum Gasteiger partial charge on any atom is -0.326 e. The van der Waals surface area contributed by atoms with Gasteiger partial charge in [0.1, 0.15) is 5.15 Å². The lowest BCUT2D eigenvalue weighted by atomic mass is 10.2. The quantitative estimate of drug-likeness (QED) is 0.877. The SMILES string of the molecule is NCc1[c]ccc(-n2nc(Cl)cc2Cl)c1. The van der Waals surface area contributed by atoms with Crippen LogP contribution in [0.25, 0.3) is 5.69 Å². The lowest BCUT2D eigenvalue weighted by Gasteiger charge is -2.04. The van der Waals surface area contributed by atoms with E-state index in [1.807, 2.05) is 12.1 Å². The van der Waals surface area contributed by atoms with Crippen LogP contribution in [-0.2, 0) is 6.54 Å². The Kier molecular flexibility index (Phi) is 2.95. The first-order valence-electron chi connectivity index (χ1n) is 4.33. The lowest BCUT2D eigenvalue weighted by Crippen LogP contribution is -2.00. The molecule has 0 spiro atoms. The minimum atomic E-state index is 0.363. The summed E-state index contributed by atoms with van der Waals surface area (Å²) in [4.78, 5) is 0. The normalized spacial score (nSPS) is 10.6. The number of hydrogen-bond acceptors (Lipinski definition) is 2. The van der Waals surface area contributed by atoms with Crippen molar-refractivity contribution in [3.8, 4) is 5.69 Å². The van der Waals surface area contributed by atoms with Crippen LogP contribution in [0, 0.1) is 6.07 Å². The number of hydrogen-bond donors (Lipinski definition) is 1. The molecule has 0 atom stereocenters. The Bertz CT molecular complexity index is 479. The average Bonchev–Trinajstić information content (AvgIpc) is 2.58. The van der Waals surface area contributed by atoms with E-state index in [2.05, 4.69) is 11.2 Å². The zero-order valence-corrected chi connectivity index (χ0v) is 9.26. The van der Waals surface area contributed by atoms with Crippen LogP contribution in [0.4, 0.5) is 0 Å². The van der Waals surface area contributed by atoms with Gasteiger partial charge in [0.2, 0.25) is 0 Å². The Morgan fingerprint density at radius 2 is 2.20 bits per heavy atom. The third-order valence-electron chi connectivity index (χ3n) is 1.95. The summed E-state index contributed by atoms with van der Waals surface area (Å²) >= 11 is 11.7. The third-order valence-corrected chi connectivity index (χ3v) is 2.40. The standard InChI is InChI=1S/C10H8Cl2N3/c11-9-5-10(12)15(14-9)8-3-1-2-7(4-8)6-13/h1,3-5H,6,13H2. The maximum atomic E-state index is 5.95. The van der Waals surface area contributed by atoms with Gasteiger partial charge in [0.05, 0.1) is 5.69 Å². The monoisotopic (exact) mass is 240 g/mol. The fourth-order valence-electron chi connectivity index (χ4n) is 1.26. The number of rotatable bonds is 2. The number of benzene rings is 1. The fourth-order valence-corrected chi connectivity index (χ4v) is 1.74. The van der Waals surface area contributed by atoms with E-state index >= 15 is 0 Å². The highest BCUT2D eigenvalue weighted by Crippen LogP contribution is 2.20. The molecule has 2 rings (SSSR count). The van der Waals surface area contributed by atoms with E-state index in [0.29, 0.717) is 16.9 Å². The van der Waals surface area contributed by atoms with Crippen LogP contribution >= 0.6 is 23.2 Å². The van der Waals surface area contributed by atoms with E-state index < -0.39 is 0 Å². The van der Waals surface area contributed by atoms with Crippen LogP contribution in [0.3, 0.4) is 0 Å². The number of aromatic nitrogens is 2. The van der Waals surface area contributed by atoms with Crippen molar-refractivity contribution in [2.45, 2.75) is 6.54 Å². The molecule has 0 bridgehead atoms. The predicted octanol–water partition coefficient (Wildman–Crippen LogP) is 2.44. The molecule has 1 aromatic heterocycles. The van der Waals surface area contributed by atoms with Gasteiger partial charge >= 0.3 is 0 Å². The molecule has 77 valence electrons. The highest BCUT2D eigenvalue weighted by atomic mass is 35.5. The van der Waals surface area contributed by atoms with Crippen molar-refractivity contribution in [3.63, 3.8) is 0 Å². The van der Waals surface area contributed by atoms with Gasteiger partial charge in [0.25, 0.3) is 0 Å². The Hall–Kier alpha value is -1.03. The summed E-state index contributed by atoms with van der Waals surface area (Å²) < 4.78 is 1.55. The molecule has 5 heteroatoms. The summed E-state index contributed by atoms with van der Waals surface area (Å²) in [5.41, 5.74) is 7.24. The van der Waals surface area contributed by atoms with Crippen molar-refractivity contribution in [2.24, 2.45) is 5.73 Å². The van der Waals surface area contributed by atoms with Gasteiger partial charge in [0, 0.05) is 12.6 Å². The molecule has 2 N–H and O–H groups in total. The Labute approximate surface area is 97.4 Å². The minimum absolute atomic E-state index is 0.363. The fraction of sp³-hybridized carbons (Fsp3) is 0.100. The van der Waals surface area contributed by atoms with E-state index in [-0.39, 0.29) is 0 Å². The van der Waals surface area contributed by atoms with Crippen LogP contribution < -0.4 is 5.73 Å². The lowest BCUT2D eigenvalue weighted by molar-refractivity contribution is 0.877. The second-order valence-electron chi connectivity index (χ2n) is 2.98. The van der Waals surface area contributed by atoms with Crippen molar-refractivity contribution in [1.29, 1.82) is 0 Å². The molecule has 1 radical (unpaired) electrons. The Balaban J connectivity index is 2.49. The van der Waals surface area contributed by atoms with E-state index in [1.165, 1.54) is 0 Å². The van der Waals surface area contributed by atoms with Gasteiger partial charge in [-0.05, 0) is 23.8 Å². The van der Waals surface area contributed by atoms with Crippen molar-refractivity contribution in [1.82, 2.24) is 9.78 Å². The molecule has 2 aromatic rings.